The summed E-state index contributed by atoms with van der Waals surface area (Å²) in [5, 5.41) is 5.71. The van der Waals surface area contributed by atoms with Gasteiger partial charge in [0.2, 0.25) is 0 Å². The quantitative estimate of drug-likeness (QED) is 0.0281. The number of carbonyl (C=O) groups excluding carboxylic acids is 3. The molecule has 0 spiro atoms. The van der Waals surface area contributed by atoms with Gasteiger partial charge in [-0.3, -0.25) is 24.0 Å². The van der Waals surface area contributed by atoms with E-state index < -0.39 is 10.9 Å². The molecule has 2 fully saturated rings. The van der Waals surface area contributed by atoms with Crippen molar-refractivity contribution in [3.05, 3.63) is 20.4 Å². The van der Waals surface area contributed by atoms with Crippen molar-refractivity contribution in [3.8, 4) is 0 Å². The monoisotopic (exact) mass is 1110 g/mol. The van der Waals surface area contributed by atoms with Crippen molar-refractivity contribution in [2.24, 2.45) is 34.0 Å². The van der Waals surface area contributed by atoms with E-state index in [2.05, 4.69) is 52.2 Å². The number of hydrogen-bond donors (Lipinski definition) is 2. The molecule has 0 radical (unpaired) electrons. The summed E-state index contributed by atoms with van der Waals surface area (Å²) in [6.07, 6.45) is 52.2. The molecule has 1 aromatic rings. The standard InChI is InChI=1S/C69H124N2O8/c1-8-12-16-20-24-28-32-36-57(37-33-29-25-21-17-13-9-2)43-49-77-60(72)40-45-67(5)52-59-53-68(6,46-41-61(73)79-51-48-71-64-63(70-7)65(75)66(64)76)56-69(54-59,55-67)47-42-62(74)78-50-44-58(38-34-30-26-22-18-14-10-3)39-35-31-27-23-19-15-11-4/h57-59,70-71H,8-56H2,1-7H3. The van der Waals surface area contributed by atoms with Crippen LogP contribution in [0.15, 0.2) is 9.59 Å². The van der Waals surface area contributed by atoms with E-state index in [9.17, 15) is 24.0 Å². The highest BCUT2D eigenvalue weighted by atomic mass is 16.5. The van der Waals surface area contributed by atoms with E-state index in [1.165, 1.54) is 205 Å². The number of carbonyl (C=O) groups is 3. The van der Waals surface area contributed by atoms with Gasteiger partial charge >= 0.3 is 17.9 Å². The number of fused-ring (bicyclic) bond motifs is 2. The molecule has 0 aliphatic heterocycles. The first-order valence-corrected chi connectivity index (χ1v) is 34.0. The lowest BCUT2D eigenvalue weighted by Gasteiger charge is -2.58. The maximum atomic E-state index is 13.8. The minimum absolute atomic E-state index is 0.0514. The number of anilines is 2. The Kier molecular flexibility index (Phi) is 37.4. The maximum Gasteiger partial charge on any atom is 0.305 e. The van der Waals surface area contributed by atoms with E-state index in [4.69, 9.17) is 14.2 Å². The predicted molar refractivity (Wildman–Crippen MR) is 332 cm³/mol. The van der Waals surface area contributed by atoms with Crippen LogP contribution in [-0.4, -0.2) is 51.3 Å². The molecule has 3 rings (SSSR count). The molecule has 4 atom stereocenters. The third-order valence-corrected chi connectivity index (χ3v) is 18.9. The van der Waals surface area contributed by atoms with Gasteiger partial charge in [0.1, 0.15) is 18.0 Å². The summed E-state index contributed by atoms with van der Waals surface area (Å²) in [5.41, 5.74) is -0.819. The number of ether oxygens (including phenoxy) is 3. The van der Waals surface area contributed by atoms with Crippen LogP contribution in [0.3, 0.4) is 0 Å². The van der Waals surface area contributed by atoms with E-state index in [1.807, 2.05) is 0 Å². The molecule has 4 unspecified atom stereocenters. The fourth-order valence-corrected chi connectivity index (χ4v) is 14.7. The van der Waals surface area contributed by atoms with E-state index in [0.29, 0.717) is 56.7 Å². The molecule has 0 saturated heterocycles. The first-order valence-electron chi connectivity index (χ1n) is 34.0. The van der Waals surface area contributed by atoms with Crippen LogP contribution in [0.2, 0.25) is 0 Å². The highest BCUT2D eigenvalue weighted by molar-refractivity contribution is 5.74. The smallest absolute Gasteiger partial charge is 0.305 e. The van der Waals surface area contributed by atoms with Crippen molar-refractivity contribution < 1.29 is 28.6 Å². The molecule has 10 nitrogen and oxygen atoms in total. The Morgan fingerprint density at radius 1 is 0.443 bits per heavy atom. The second kappa shape index (κ2) is 42.0. The molecule has 2 bridgehead atoms. The lowest BCUT2D eigenvalue weighted by Crippen LogP contribution is -2.48. The molecule has 0 heterocycles. The van der Waals surface area contributed by atoms with Crippen LogP contribution in [-0.2, 0) is 28.6 Å². The van der Waals surface area contributed by atoms with Crippen molar-refractivity contribution >= 4 is 29.3 Å². The SMILES string of the molecule is CCCCCCCCCC(CCCCCCCCC)CCOC(=O)CCC1(C)CC2CC(C)(CCC(=O)OCCNc3c(NC)c(=O)c3=O)CC(CCC(=O)OCCC(CCCCCCCCC)CCCCCCCCC)(C2)C1. The molecule has 1 aromatic carbocycles. The molecule has 10 heteroatoms. The lowest BCUT2D eigenvalue weighted by atomic mass is 9.47. The summed E-state index contributed by atoms with van der Waals surface area (Å²) in [5.74, 6) is 1.25. The Labute approximate surface area is 484 Å². The van der Waals surface area contributed by atoms with Gasteiger partial charge in [0.05, 0.1) is 13.2 Å². The van der Waals surface area contributed by atoms with Gasteiger partial charge in [0.15, 0.2) is 0 Å². The summed E-state index contributed by atoms with van der Waals surface area (Å²) in [7, 11) is 1.60. The minimum Gasteiger partial charge on any atom is -0.466 e. The second-order valence-corrected chi connectivity index (χ2v) is 26.6. The van der Waals surface area contributed by atoms with E-state index in [0.717, 1.165) is 57.8 Å². The lowest BCUT2D eigenvalue weighted by molar-refractivity contribution is -0.147. The van der Waals surface area contributed by atoms with Crippen LogP contribution in [0.25, 0.3) is 0 Å². The molecule has 0 aromatic heterocycles. The summed E-state index contributed by atoms with van der Waals surface area (Å²) in [6, 6.07) is 0. The summed E-state index contributed by atoms with van der Waals surface area (Å²) in [6.45, 7) is 15.2. The van der Waals surface area contributed by atoms with Crippen molar-refractivity contribution in [2.45, 2.75) is 330 Å². The summed E-state index contributed by atoms with van der Waals surface area (Å²) < 4.78 is 17.8. The van der Waals surface area contributed by atoms with E-state index in [-0.39, 0.29) is 58.7 Å². The molecule has 79 heavy (non-hydrogen) atoms. The molecule has 2 saturated carbocycles. The van der Waals surface area contributed by atoms with E-state index >= 15 is 0 Å². The molecular formula is C69H124N2O8. The molecular weight excluding hydrogens is 985 g/mol. The van der Waals surface area contributed by atoms with Crippen molar-refractivity contribution in [1.29, 1.82) is 0 Å². The van der Waals surface area contributed by atoms with Crippen LogP contribution in [0.4, 0.5) is 11.4 Å². The van der Waals surface area contributed by atoms with Gasteiger partial charge in [-0.2, -0.15) is 0 Å². The van der Waals surface area contributed by atoms with Crippen LogP contribution in [0.1, 0.15) is 330 Å². The Bertz CT molecular complexity index is 1790. The largest absolute Gasteiger partial charge is 0.466 e. The average molecular weight is 1110 g/mol. The summed E-state index contributed by atoms with van der Waals surface area (Å²) in [4.78, 5) is 64.4. The number of hydrogen-bond acceptors (Lipinski definition) is 10. The maximum absolute atomic E-state index is 13.8. The van der Waals surface area contributed by atoms with Gasteiger partial charge in [-0.25, -0.2) is 0 Å². The Hall–Kier alpha value is -2.91. The fraction of sp³-hybridized carbons (Fsp3) is 0.899. The van der Waals surface area contributed by atoms with Gasteiger partial charge in [0, 0.05) is 32.9 Å². The Morgan fingerprint density at radius 3 is 1.14 bits per heavy atom. The highest BCUT2D eigenvalue weighted by Crippen LogP contribution is 2.64. The van der Waals surface area contributed by atoms with Crippen molar-refractivity contribution in [2.75, 3.05) is 44.0 Å². The molecule has 2 aliphatic rings. The van der Waals surface area contributed by atoms with E-state index in [1.54, 1.807) is 7.05 Å². The first kappa shape index (κ1) is 70.4. The van der Waals surface area contributed by atoms with Crippen LogP contribution in [0.5, 0.6) is 0 Å². The zero-order valence-corrected chi connectivity index (χ0v) is 52.6. The van der Waals surface area contributed by atoms with Gasteiger partial charge in [-0.05, 0) is 98.2 Å². The normalized spacial score (nSPS) is 20.0. The topological polar surface area (TPSA) is 137 Å². The number of rotatable bonds is 52. The van der Waals surface area contributed by atoms with Crippen LogP contribution >= 0.6 is 0 Å². The molecule has 0 amide bonds. The highest BCUT2D eigenvalue weighted by Gasteiger charge is 2.53. The van der Waals surface area contributed by atoms with Crippen molar-refractivity contribution in [3.63, 3.8) is 0 Å². The molecule has 458 valence electrons. The second-order valence-electron chi connectivity index (χ2n) is 26.6. The number of nitrogens with one attached hydrogen (secondary N) is 2. The molecule has 2 N–H and O–H groups in total. The minimum atomic E-state index is -0.552. The van der Waals surface area contributed by atoms with Gasteiger partial charge in [-0.1, -0.05) is 247 Å². The third kappa shape index (κ3) is 30.3. The molecule has 2 aliphatic carbocycles. The summed E-state index contributed by atoms with van der Waals surface area (Å²) >= 11 is 0. The third-order valence-electron chi connectivity index (χ3n) is 18.9. The predicted octanol–water partition coefficient (Wildman–Crippen LogP) is 18.9. The Morgan fingerprint density at radius 2 is 0.772 bits per heavy atom. The van der Waals surface area contributed by atoms with Crippen molar-refractivity contribution in [1.82, 2.24) is 0 Å². The Balaban J connectivity index is 1.61. The first-order chi connectivity index (χ1) is 38.2. The number of esters is 3. The van der Waals surface area contributed by atoms with Crippen LogP contribution < -0.4 is 21.5 Å². The van der Waals surface area contributed by atoms with Gasteiger partial charge in [-0.15, -0.1) is 0 Å². The van der Waals surface area contributed by atoms with Crippen LogP contribution in [0, 0.1) is 34.0 Å². The van der Waals surface area contributed by atoms with Gasteiger partial charge in [0.25, 0.3) is 10.9 Å². The average Bonchev–Trinajstić information content (AvgIpc) is 3.55. The number of unbranched alkanes of at least 4 members (excludes halogenated alkanes) is 24. The zero-order chi connectivity index (χ0) is 57.5. The zero-order valence-electron chi connectivity index (χ0n) is 52.6. The van der Waals surface area contributed by atoms with Gasteiger partial charge < -0.3 is 24.8 Å². The fourth-order valence-electron chi connectivity index (χ4n) is 14.7.